The molecule has 0 aliphatic rings. The maximum atomic E-state index is 4.47. The maximum Gasteiger partial charge on any atom is 0.252 e. The lowest BCUT2D eigenvalue weighted by molar-refractivity contribution is 0.850. The van der Waals surface area contributed by atoms with E-state index in [0.29, 0.717) is 12.3 Å². The smallest absolute Gasteiger partial charge is 0.252 e. The fourth-order valence-electron chi connectivity index (χ4n) is 2.14. The van der Waals surface area contributed by atoms with Gasteiger partial charge in [-0.15, -0.1) is 5.10 Å². The summed E-state index contributed by atoms with van der Waals surface area (Å²) < 4.78 is 1.78. The lowest BCUT2D eigenvalue weighted by atomic mass is 10.2. The van der Waals surface area contributed by atoms with Crippen molar-refractivity contribution >= 4 is 11.5 Å². The number of benzene rings is 1. The van der Waals surface area contributed by atoms with Crippen molar-refractivity contribution in [3.63, 3.8) is 0 Å². The second-order valence-corrected chi connectivity index (χ2v) is 5.00. The predicted molar refractivity (Wildman–Crippen MR) is 78.8 cm³/mol. The van der Waals surface area contributed by atoms with Crippen molar-refractivity contribution in [2.45, 2.75) is 27.3 Å². The quantitative estimate of drug-likeness (QED) is 0.792. The molecular formula is C15H17N5. The Morgan fingerprint density at radius 3 is 2.55 bits per heavy atom. The zero-order valence-corrected chi connectivity index (χ0v) is 11.9. The summed E-state index contributed by atoms with van der Waals surface area (Å²) in [6.07, 6.45) is 0. The number of fused-ring (bicyclic) bond motifs is 1. The molecule has 0 saturated heterocycles. The fraction of sp³-hybridized carbons (Fsp3) is 0.267. The fourth-order valence-corrected chi connectivity index (χ4v) is 2.14. The first kappa shape index (κ1) is 12.6. The summed E-state index contributed by atoms with van der Waals surface area (Å²) in [4.78, 5) is 8.83. The van der Waals surface area contributed by atoms with Gasteiger partial charge in [0.15, 0.2) is 5.82 Å². The lowest BCUT2D eigenvalue weighted by Crippen LogP contribution is -2.02. The van der Waals surface area contributed by atoms with E-state index in [1.807, 2.05) is 19.9 Å². The third-order valence-corrected chi connectivity index (χ3v) is 3.16. The van der Waals surface area contributed by atoms with E-state index in [0.717, 1.165) is 22.9 Å². The monoisotopic (exact) mass is 267 g/mol. The van der Waals surface area contributed by atoms with Gasteiger partial charge in [0.2, 0.25) is 0 Å². The molecule has 1 aromatic carbocycles. The molecule has 0 aliphatic heterocycles. The third-order valence-electron chi connectivity index (χ3n) is 3.16. The number of hydrogen-bond donors (Lipinski definition) is 1. The van der Waals surface area contributed by atoms with Crippen LogP contribution in [0.5, 0.6) is 0 Å². The van der Waals surface area contributed by atoms with Crippen LogP contribution < -0.4 is 5.32 Å². The van der Waals surface area contributed by atoms with E-state index in [1.165, 1.54) is 5.56 Å². The molecule has 0 bridgehead atoms. The van der Waals surface area contributed by atoms with Crippen LogP contribution in [0.4, 0.5) is 5.69 Å². The van der Waals surface area contributed by atoms with Crippen LogP contribution >= 0.6 is 0 Å². The topological polar surface area (TPSA) is 55.1 Å². The molecule has 0 spiro atoms. The summed E-state index contributed by atoms with van der Waals surface area (Å²) in [6.45, 7) is 6.63. The number of hydrogen-bond acceptors (Lipinski definition) is 4. The van der Waals surface area contributed by atoms with Crippen LogP contribution in [0.3, 0.4) is 0 Å². The third kappa shape index (κ3) is 2.47. The largest absolute Gasteiger partial charge is 0.378 e. The van der Waals surface area contributed by atoms with Crippen LogP contribution in [0.25, 0.3) is 5.78 Å². The number of anilines is 1. The highest BCUT2D eigenvalue weighted by Crippen LogP contribution is 2.10. The van der Waals surface area contributed by atoms with Crippen molar-refractivity contribution in [2.75, 3.05) is 5.32 Å². The zero-order chi connectivity index (χ0) is 14.1. The summed E-state index contributed by atoms with van der Waals surface area (Å²) in [7, 11) is 0. The van der Waals surface area contributed by atoms with Crippen molar-refractivity contribution in [3.05, 3.63) is 53.1 Å². The van der Waals surface area contributed by atoms with E-state index in [9.17, 15) is 0 Å². The van der Waals surface area contributed by atoms with E-state index in [2.05, 4.69) is 51.6 Å². The SMILES string of the molecule is Cc1ccc(NCc2nc3nc(C)cc(C)n3n2)cc1. The first-order chi connectivity index (χ1) is 9.61. The van der Waals surface area contributed by atoms with Crippen molar-refractivity contribution in [2.24, 2.45) is 0 Å². The molecule has 0 radical (unpaired) electrons. The molecule has 0 amide bonds. The second kappa shape index (κ2) is 4.92. The van der Waals surface area contributed by atoms with Gasteiger partial charge in [-0.05, 0) is 39.0 Å². The molecule has 0 fully saturated rings. The highest BCUT2D eigenvalue weighted by atomic mass is 15.3. The Labute approximate surface area is 117 Å². The van der Waals surface area contributed by atoms with Gasteiger partial charge in [-0.1, -0.05) is 17.7 Å². The van der Waals surface area contributed by atoms with Crippen LogP contribution in [0.15, 0.2) is 30.3 Å². The molecular weight excluding hydrogens is 250 g/mol. The highest BCUT2D eigenvalue weighted by molar-refractivity contribution is 5.44. The van der Waals surface area contributed by atoms with E-state index >= 15 is 0 Å². The summed E-state index contributed by atoms with van der Waals surface area (Å²) in [5.41, 5.74) is 4.31. The molecule has 0 atom stereocenters. The molecule has 20 heavy (non-hydrogen) atoms. The van der Waals surface area contributed by atoms with Crippen LogP contribution in [-0.2, 0) is 6.54 Å². The molecule has 1 N–H and O–H groups in total. The molecule has 3 aromatic rings. The molecule has 2 heterocycles. The molecule has 0 saturated carbocycles. The molecule has 5 nitrogen and oxygen atoms in total. The van der Waals surface area contributed by atoms with Crippen molar-refractivity contribution < 1.29 is 0 Å². The Kier molecular flexibility index (Phi) is 3.10. The van der Waals surface area contributed by atoms with Crippen LogP contribution in [0.2, 0.25) is 0 Å². The Morgan fingerprint density at radius 2 is 1.80 bits per heavy atom. The maximum absolute atomic E-state index is 4.47. The molecule has 3 rings (SSSR count). The van der Waals surface area contributed by atoms with Crippen LogP contribution in [0, 0.1) is 20.8 Å². The number of rotatable bonds is 3. The van der Waals surface area contributed by atoms with Crippen LogP contribution in [0.1, 0.15) is 22.8 Å². The van der Waals surface area contributed by atoms with E-state index in [4.69, 9.17) is 0 Å². The van der Waals surface area contributed by atoms with Gasteiger partial charge in [-0.25, -0.2) is 9.50 Å². The predicted octanol–water partition coefficient (Wildman–Crippen LogP) is 2.66. The number of nitrogens with zero attached hydrogens (tertiary/aromatic N) is 4. The first-order valence-electron chi connectivity index (χ1n) is 6.62. The summed E-state index contributed by atoms with van der Waals surface area (Å²) in [5, 5.41) is 7.78. The Bertz CT molecular complexity index is 743. The van der Waals surface area contributed by atoms with Gasteiger partial charge in [-0.3, -0.25) is 0 Å². The van der Waals surface area contributed by atoms with Gasteiger partial charge in [0.05, 0.1) is 6.54 Å². The Hall–Kier alpha value is -2.43. The molecule has 102 valence electrons. The van der Waals surface area contributed by atoms with E-state index in [1.54, 1.807) is 4.52 Å². The normalized spacial score (nSPS) is 10.9. The molecule has 2 aromatic heterocycles. The van der Waals surface area contributed by atoms with Gasteiger partial charge in [0.25, 0.3) is 5.78 Å². The summed E-state index contributed by atoms with van der Waals surface area (Å²) in [6, 6.07) is 10.3. The van der Waals surface area contributed by atoms with Crippen LogP contribution in [-0.4, -0.2) is 19.6 Å². The van der Waals surface area contributed by atoms with Gasteiger partial charge in [-0.2, -0.15) is 4.98 Å². The zero-order valence-electron chi connectivity index (χ0n) is 11.9. The minimum atomic E-state index is 0.588. The van der Waals surface area contributed by atoms with E-state index < -0.39 is 0 Å². The standard InChI is InChI=1S/C15H17N5/c1-10-4-6-13(7-5-10)16-9-14-18-15-17-11(2)8-12(3)20(15)19-14/h4-8,16H,9H2,1-3H3. The van der Waals surface area contributed by atoms with Crippen molar-refractivity contribution in [3.8, 4) is 0 Å². The van der Waals surface area contributed by atoms with Gasteiger partial charge < -0.3 is 5.32 Å². The Balaban J connectivity index is 1.81. The van der Waals surface area contributed by atoms with Crippen molar-refractivity contribution in [1.29, 1.82) is 0 Å². The minimum Gasteiger partial charge on any atom is -0.378 e. The lowest BCUT2D eigenvalue weighted by Gasteiger charge is -2.03. The second-order valence-electron chi connectivity index (χ2n) is 5.00. The van der Waals surface area contributed by atoms with Gasteiger partial charge in [0.1, 0.15) is 0 Å². The molecule has 0 aliphatic carbocycles. The van der Waals surface area contributed by atoms with E-state index in [-0.39, 0.29) is 0 Å². The highest BCUT2D eigenvalue weighted by Gasteiger charge is 2.07. The first-order valence-corrected chi connectivity index (χ1v) is 6.62. The van der Waals surface area contributed by atoms with Crippen molar-refractivity contribution in [1.82, 2.24) is 19.6 Å². The Morgan fingerprint density at radius 1 is 1.05 bits per heavy atom. The minimum absolute atomic E-state index is 0.588. The summed E-state index contributed by atoms with van der Waals surface area (Å²) in [5.74, 6) is 1.40. The summed E-state index contributed by atoms with van der Waals surface area (Å²) >= 11 is 0. The van der Waals surface area contributed by atoms with Gasteiger partial charge in [0, 0.05) is 17.1 Å². The number of aromatic nitrogens is 4. The molecule has 0 unspecified atom stereocenters. The van der Waals surface area contributed by atoms with Gasteiger partial charge >= 0.3 is 0 Å². The number of aryl methyl sites for hydroxylation is 3. The molecule has 5 heteroatoms. The average molecular weight is 267 g/mol. The average Bonchev–Trinajstić information content (AvgIpc) is 2.81. The number of nitrogens with one attached hydrogen (secondary N) is 1.